The van der Waals surface area contributed by atoms with E-state index in [1.807, 2.05) is 136 Å². The van der Waals surface area contributed by atoms with Gasteiger partial charge in [-0.2, -0.15) is 10.2 Å². The number of primary amides is 1. The smallest absolute Gasteiger partial charge is 0.248 e. The Morgan fingerprint density at radius 2 is 1.07 bits per heavy atom. The largest absolute Gasteiger partial charge is 0.384 e. The lowest BCUT2D eigenvalue weighted by Gasteiger charge is -2.37. The van der Waals surface area contributed by atoms with Gasteiger partial charge in [0.25, 0.3) is 0 Å². The van der Waals surface area contributed by atoms with Gasteiger partial charge in [0.15, 0.2) is 9.84 Å². The van der Waals surface area contributed by atoms with Crippen molar-refractivity contribution in [2.45, 2.75) is 132 Å². The lowest BCUT2D eigenvalue weighted by molar-refractivity contribution is 0.100. The van der Waals surface area contributed by atoms with Crippen LogP contribution in [0.15, 0.2) is 151 Å². The molecule has 18 heteroatoms. The summed E-state index contributed by atoms with van der Waals surface area (Å²) in [4.78, 5) is 44.8. The Balaban J connectivity index is 0.000000113. The summed E-state index contributed by atoms with van der Waals surface area (Å²) in [5.74, 6) is 2.91. The summed E-state index contributed by atoms with van der Waals surface area (Å²) >= 11 is 0. The van der Waals surface area contributed by atoms with Crippen molar-refractivity contribution in [3.8, 4) is 78.9 Å². The first kappa shape index (κ1) is 56.0. The number of nitrogen functional groups attached to an aromatic ring is 1. The predicted molar refractivity (Wildman–Crippen MR) is 345 cm³/mol. The number of aromatic nitrogens is 12. The Morgan fingerprint density at radius 3 is 1.66 bits per heavy atom. The van der Waals surface area contributed by atoms with Gasteiger partial charge < -0.3 is 16.0 Å². The molecule has 2 atom stereocenters. The molecule has 3 saturated carbocycles. The van der Waals surface area contributed by atoms with Crippen molar-refractivity contribution < 1.29 is 13.2 Å². The predicted octanol–water partition coefficient (Wildman–Crippen LogP) is 14.1. The molecule has 4 N–H and O–H groups in total. The molecule has 9 aromatic heterocycles. The van der Waals surface area contributed by atoms with E-state index in [1.165, 1.54) is 94.1 Å². The molecule has 2 aromatic carbocycles. The first-order valence-electron chi connectivity index (χ1n) is 31.1. The number of carbonyl (C=O) groups is 1. The highest BCUT2D eigenvalue weighted by atomic mass is 32.2. The van der Waals surface area contributed by atoms with E-state index in [2.05, 4.69) is 34.9 Å². The molecule has 0 spiro atoms. The molecular formula is C71H68N14O3S. The number of fused-ring (bicyclic) bond motifs is 10. The number of sulfone groups is 1. The van der Waals surface area contributed by atoms with Gasteiger partial charge in [0.2, 0.25) is 5.91 Å². The van der Waals surface area contributed by atoms with E-state index < -0.39 is 15.7 Å². The average molecular weight is 1200 g/mol. The Morgan fingerprint density at radius 1 is 0.517 bits per heavy atom. The van der Waals surface area contributed by atoms with Gasteiger partial charge in [-0.3, -0.25) is 39.1 Å². The van der Waals surface area contributed by atoms with Crippen molar-refractivity contribution in [1.29, 1.82) is 0 Å². The first-order chi connectivity index (χ1) is 43.2. The molecule has 446 valence electrons. The molecular weight excluding hydrogens is 1130 g/mol. The van der Waals surface area contributed by atoms with Crippen LogP contribution in [0.2, 0.25) is 0 Å². The minimum Gasteiger partial charge on any atom is -0.384 e. The highest BCUT2D eigenvalue weighted by Crippen LogP contribution is 2.55. The number of carbonyl (C=O) groups excluding carboxylic acids is 1. The molecule has 3 aliphatic carbocycles. The summed E-state index contributed by atoms with van der Waals surface area (Å²) in [5.41, 5.74) is 32.2. The number of rotatable bonds is 9. The fourth-order valence-electron chi connectivity index (χ4n) is 15.1. The Hall–Kier alpha value is -9.55. The van der Waals surface area contributed by atoms with Crippen LogP contribution in [0.3, 0.4) is 0 Å². The molecule has 19 rings (SSSR count). The monoisotopic (exact) mass is 1200 g/mol. The number of amides is 1. The zero-order chi connectivity index (χ0) is 60.8. The molecule has 11 aromatic rings. The minimum absolute atomic E-state index is 0.307. The Bertz CT molecular complexity index is 4720. The number of benzene rings is 2. The molecule has 0 radical (unpaired) electrons. The topological polar surface area (TPSA) is 234 Å². The van der Waals surface area contributed by atoms with E-state index in [-0.39, 0.29) is 0 Å². The van der Waals surface area contributed by atoms with Gasteiger partial charge in [-0.1, -0.05) is 30.3 Å². The zero-order valence-electron chi connectivity index (χ0n) is 50.3. The molecule has 0 saturated heterocycles. The molecule has 5 aliphatic heterocycles. The van der Waals surface area contributed by atoms with Crippen LogP contribution in [0.4, 0.5) is 5.82 Å². The molecule has 1 amide bonds. The third kappa shape index (κ3) is 10.2. The molecule has 14 heterocycles. The molecule has 3 fully saturated rings. The molecule has 17 nitrogen and oxygen atoms in total. The number of nitrogens with zero attached hydrogens (tertiary/aromatic N) is 12. The van der Waals surface area contributed by atoms with Crippen LogP contribution in [0.25, 0.3) is 89.8 Å². The van der Waals surface area contributed by atoms with Gasteiger partial charge in [-0.15, -0.1) is 0 Å². The third-order valence-electron chi connectivity index (χ3n) is 19.2. The highest BCUT2D eigenvalue weighted by molar-refractivity contribution is 7.90. The van der Waals surface area contributed by atoms with Crippen molar-refractivity contribution in [2.24, 2.45) is 5.73 Å². The van der Waals surface area contributed by atoms with Crippen molar-refractivity contribution >= 4 is 32.5 Å². The van der Waals surface area contributed by atoms with Gasteiger partial charge in [0.05, 0.1) is 62.4 Å². The van der Waals surface area contributed by atoms with Crippen LogP contribution in [0, 0.1) is 20.8 Å². The van der Waals surface area contributed by atoms with E-state index >= 15 is 0 Å². The number of hydrogen-bond acceptors (Lipinski definition) is 13. The van der Waals surface area contributed by atoms with Gasteiger partial charge in [0.1, 0.15) is 28.7 Å². The lowest BCUT2D eigenvalue weighted by Crippen LogP contribution is -2.28. The van der Waals surface area contributed by atoms with Crippen LogP contribution in [0.1, 0.15) is 151 Å². The maximum Gasteiger partial charge on any atom is 0.248 e. The van der Waals surface area contributed by atoms with Crippen molar-refractivity contribution in [2.75, 3.05) is 12.0 Å². The van der Waals surface area contributed by atoms with Gasteiger partial charge in [0, 0.05) is 98.9 Å². The van der Waals surface area contributed by atoms with Crippen LogP contribution < -0.4 is 11.5 Å². The van der Waals surface area contributed by atoms with Gasteiger partial charge >= 0.3 is 0 Å². The summed E-state index contributed by atoms with van der Waals surface area (Å²) in [6.07, 6.45) is 19.9. The molecule has 6 bridgehead atoms. The standard InChI is InChI=1S/C27H26N4O2S.C25H23N5O.C19H19N5/c1-17-4-3-5-23(29-17)26-25(27-19-6-10-21(11-7-19)31(27)30-26)20-14-15-28-24(16-20)18-8-12-22(13-9-18)34(2,32)33;1-14-3-2-4-21(28-14)23-22(24-15-5-8-17(9-6-15)30(24)29-23)18-11-12-27-20-10-7-16(25(26)31)13-19(18)20;1-11-3-2-4-15(22-11)17-18(12-7-8-21-16(20)10-12)24-14-6-5-13(9-14)19(24)23-17/h3-5,8-9,12-16,19,21H,6-7,10-11H2,1-2H3;2-4,7,10-13,15,17H,5-6,8-9H2,1H3,(H2,26,31);2-4,7-8,10,13-14H,5-6,9H2,1H3,(H2,20,21). The van der Waals surface area contributed by atoms with Crippen LogP contribution in [0.5, 0.6) is 0 Å². The number of pyridine rings is 6. The van der Waals surface area contributed by atoms with E-state index in [0.717, 1.165) is 107 Å². The number of imidazole rings is 1. The minimum atomic E-state index is -3.24. The molecule has 2 unspecified atom stereocenters. The van der Waals surface area contributed by atoms with Gasteiger partial charge in [-0.25, -0.2) is 18.4 Å². The van der Waals surface area contributed by atoms with Crippen molar-refractivity contribution in [3.05, 3.63) is 186 Å². The Labute approximate surface area is 516 Å². The van der Waals surface area contributed by atoms with Crippen LogP contribution in [-0.4, -0.2) is 79.6 Å². The van der Waals surface area contributed by atoms with Crippen LogP contribution in [-0.2, 0) is 9.84 Å². The number of anilines is 1. The summed E-state index contributed by atoms with van der Waals surface area (Å²) in [7, 11) is -3.24. The molecule has 89 heavy (non-hydrogen) atoms. The zero-order valence-corrected chi connectivity index (χ0v) is 51.1. The van der Waals surface area contributed by atoms with Crippen molar-refractivity contribution in [3.63, 3.8) is 0 Å². The first-order valence-corrected chi connectivity index (χ1v) is 32.9. The van der Waals surface area contributed by atoms with Gasteiger partial charge in [-0.05, 0) is 200 Å². The van der Waals surface area contributed by atoms with E-state index in [0.29, 0.717) is 52.2 Å². The summed E-state index contributed by atoms with van der Waals surface area (Å²) in [6.45, 7) is 6.03. The third-order valence-corrected chi connectivity index (χ3v) is 20.3. The SMILES string of the molecule is Cc1cccc(-c2nc3n(c2-c2ccnc(N)c2)C2CCC3C2)n1.Cc1cccc(-c2nn3c(c2-c2ccnc(-c4ccc(S(C)(=O)=O)cc4)c2)C2CCC3CC2)n1.Cc1cccc(-c2nn3c(c2-c2ccnc4ccc(C(N)=O)cc24)C2CCC3CC2)n1. The summed E-state index contributed by atoms with van der Waals surface area (Å²) in [6, 6.07) is 42.2. The van der Waals surface area contributed by atoms with E-state index in [4.69, 9.17) is 41.6 Å². The number of nitrogens with two attached hydrogens (primary N) is 2. The summed E-state index contributed by atoms with van der Waals surface area (Å²) in [5, 5.41) is 11.2. The maximum absolute atomic E-state index is 11.9. The van der Waals surface area contributed by atoms with Crippen molar-refractivity contribution in [1.82, 2.24) is 59.0 Å². The number of aryl methyl sites for hydroxylation is 3. The Kier molecular flexibility index (Phi) is 14.0. The van der Waals surface area contributed by atoms with E-state index in [9.17, 15) is 13.2 Å². The van der Waals surface area contributed by atoms with E-state index in [1.54, 1.807) is 24.4 Å². The average Bonchev–Trinajstić information content (AvgIpc) is 1.86. The second-order valence-electron chi connectivity index (χ2n) is 25.0. The highest BCUT2D eigenvalue weighted by Gasteiger charge is 2.43. The lowest BCUT2D eigenvalue weighted by atomic mass is 9.77. The summed E-state index contributed by atoms with van der Waals surface area (Å²) < 4.78 is 30.7. The second-order valence-corrected chi connectivity index (χ2v) is 27.0. The maximum atomic E-state index is 11.9. The second kappa shape index (κ2) is 22.2. The number of hydrogen-bond donors (Lipinski definition) is 2. The molecule has 8 aliphatic rings. The normalized spacial score (nSPS) is 19.9. The fourth-order valence-corrected chi connectivity index (χ4v) is 15.7. The fraction of sp³-hybridized carbons (Fsp3) is 0.296. The quantitative estimate of drug-likeness (QED) is 0.137. The van der Waals surface area contributed by atoms with Crippen LogP contribution >= 0.6 is 0 Å².